The molecule has 0 aromatic heterocycles. The number of hydrogen-bond donors (Lipinski definition) is 0. The molecule has 2 aromatic carbocycles. The van der Waals surface area contributed by atoms with Crippen molar-refractivity contribution in [3.63, 3.8) is 0 Å². The molecule has 2 rings (SSSR count). The fourth-order valence-electron chi connectivity index (χ4n) is 2.15. The Labute approximate surface area is 132 Å². The lowest BCUT2D eigenvalue weighted by atomic mass is 10.00. The molecule has 0 aliphatic carbocycles. The average molecular weight is 382 g/mol. The summed E-state index contributed by atoms with van der Waals surface area (Å²) >= 11 is 6.97. The first kappa shape index (κ1) is 14.8. The summed E-state index contributed by atoms with van der Waals surface area (Å²) < 4.78 is 0. The van der Waals surface area contributed by atoms with Crippen LogP contribution in [0.1, 0.15) is 17.5 Å². The predicted octanol–water partition coefficient (Wildman–Crippen LogP) is 5.62. The summed E-state index contributed by atoms with van der Waals surface area (Å²) in [7, 11) is 0. The van der Waals surface area contributed by atoms with Crippen molar-refractivity contribution in [2.45, 2.75) is 19.3 Å². The van der Waals surface area contributed by atoms with Crippen molar-refractivity contribution in [2.75, 3.05) is 10.7 Å². The van der Waals surface area contributed by atoms with E-state index in [1.54, 1.807) is 0 Å². The minimum atomic E-state index is 1.02. The van der Waals surface area contributed by atoms with Gasteiger partial charge in [-0.05, 0) is 41.5 Å². The smallest absolute Gasteiger partial charge is 0.00718 e. The first-order chi connectivity index (χ1) is 9.33. The van der Waals surface area contributed by atoms with Crippen molar-refractivity contribution < 1.29 is 0 Å². The molecule has 0 spiro atoms. The first-order valence-corrected chi connectivity index (χ1v) is 8.88. The van der Waals surface area contributed by atoms with Crippen LogP contribution in [-0.4, -0.2) is 10.7 Å². The predicted molar refractivity (Wildman–Crippen MR) is 91.5 cm³/mol. The molecule has 0 N–H and O–H groups in total. The molecule has 0 saturated heterocycles. The van der Waals surface area contributed by atoms with Crippen LogP contribution < -0.4 is 0 Å². The molecular formula is C17H18Br2. The van der Waals surface area contributed by atoms with Crippen molar-refractivity contribution >= 4 is 31.9 Å². The molecule has 0 bridgehead atoms. The van der Waals surface area contributed by atoms with Gasteiger partial charge in [0.25, 0.3) is 0 Å². The third kappa shape index (κ3) is 4.47. The number of halogens is 2. The number of hydrogen-bond acceptors (Lipinski definition) is 0. The standard InChI is InChI=1S/C17H18Br2/c18-11-2-4-15-3-1-5-17(13-15)16-8-6-14(7-9-16)10-12-19/h1,3,5-9,13H,2,4,10-12H2. The Morgan fingerprint density at radius 2 is 1.47 bits per heavy atom. The molecule has 0 aliphatic rings. The molecule has 0 radical (unpaired) electrons. The zero-order valence-electron chi connectivity index (χ0n) is 10.9. The Morgan fingerprint density at radius 3 is 2.16 bits per heavy atom. The van der Waals surface area contributed by atoms with Gasteiger partial charge < -0.3 is 0 Å². The largest absolute Gasteiger partial charge is 0.0928 e. The minimum absolute atomic E-state index is 1.02. The lowest BCUT2D eigenvalue weighted by molar-refractivity contribution is 0.940. The van der Waals surface area contributed by atoms with Crippen LogP contribution in [0.2, 0.25) is 0 Å². The second-order valence-electron chi connectivity index (χ2n) is 4.63. The molecule has 0 nitrogen and oxygen atoms in total. The van der Waals surface area contributed by atoms with E-state index < -0.39 is 0 Å². The summed E-state index contributed by atoms with van der Waals surface area (Å²) in [4.78, 5) is 0. The van der Waals surface area contributed by atoms with Gasteiger partial charge in [0.15, 0.2) is 0 Å². The van der Waals surface area contributed by atoms with Crippen LogP contribution in [0.15, 0.2) is 48.5 Å². The van der Waals surface area contributed by atoms with E-state index >= 15 is 0 Å². The van der Waals surface area contributed by atoms with Crippen LogP contribution in [0.5, 0.6) is 0 Å². The fourth-order valence-corrected chi connectivity index (χ4v) is 2.89. The van der Waals surface area contributed by atoms with Gasteiger partial charge in [0.2, 0.25) is 0 Å². The van der Waals surface area contributed by atoms with E-state index in [0.29, 0.717) is 0 Å². The Morgan fingerprint density at radius 1 is 0.684 bits per heavy atom. The van der Waals surface area contributed by atoms with E-state index in [1.165, 1.54) is 28.7 Å². The Hall–Kier alpha value is -0.600. The Bertz CT molecular complexity index is 503. The molecule has 19 heavy (non-hydrogen) atoms. The number of rotatable bonds is 6. The molecular weight excluding hydrogens is 364 g/mol. The van der Waals surface area contributed by atoms with Gasteiger partial charge in [-0.15, -0.1) is 0 Å². The van der Waals surface area contributed by atoms with Gasteiger partial charge in [-0.3, -0.25) is 0 Å². The Balaban J connectivity index is 2.16. The van der Waals surface area contributed by atoms with E-state index in [2.05, 4.69) is 80.4 Å². The van der Waals surface area contributed by atoms with E-state index in [1.807, 2.05) is 0 Å². The molecule has 0 amide bonds. The highest BCUT2D eigenvalue weighted by molar-refractivity contribution is 9.09. The van der Waals surface area contributed by atoms with Crippen LogP contribution in [-0.2, 0) is 12.8 Å². The van der Waals surface area contributed by atoms with Crippen LogP contribution in [0.3, 0.4) is 0 Å². The third-order valence-corrected chi connectivity index (χ3v) is 4.15. The summed E-state index contributed by atoms with van der Waals surface area (Å²) in [5, 5.41) is 2.09. The summed E-state index contributed by atoms with van der Waals surface area (Å²) in [6.45, 7) is 0. The Kier molecular flexibility index (Phi) is 6.12. The lowest BCUT2D eigenvalue weighted by Gasteiger charge is -2.06. The minimum Gasteiger partial charge on any atom is -0.0928 e. The maximum absolute atomic E-state index is 3.49. The highest BCUT2D eigenvalue weighted by atomic mass is 79.9. The molecule has 0 unspecified atom stereocenters. The normalized spacial score (nSPS) is 10.6. The monoisotopic (exact) mass is 380 g/mol. The van der Waals surface area contributed by atoms with Crippen molar-refractivity contribution in [3.05, 3.63) is 59.7 Å². The van der Waals surface area contributed by atoms with Crippen LogP contribution in [0.25, 0.3) is 11.1 Å². The van der Waals surface area contributed by atoms with Gasteiger partial charge in [-0.1, -0.05) is 80.4 Å². The zero-order valence-corrected chi connectivity index (χ0v) is 14.1. The second kappa shape index (κ2) is 7.86. The lowest BCUT2D eigenvalue weighted by Crippen LogP contribution is -1.88. The van der Waals surface area contributed by atoms with E-state index in [9.17, 15) is 0 Å². The van der Waals surface area contributed by atoms with Crippen molar-refractivity contribution in [2.24, 2.45) is 0 Å². The average Bonchev–Trinajstić information content (AvgIpc) is 2.46. The molecule has 0 saturated carbocycles. The van der Waals surface area contributed by atoms with Crippen LogP contribution >= 0.6 is 31.9 Å². The third-order valence-electron chi connectivity index (χ3n) is 3.20. The van der Waals surface area contributed by atoms with Crippen molar-refractivity contribution in [1.29, 1.82) is 0 Å². The van der Waals surface area contributed by atoms with Gasteiger partial charge in [-0.25, -0.2) is 0 Å². The van der Waals surface area contributed by atoms with E-state index in [0.717, 1.165) is 23.5 Å². The van der Waals surface area contributed by atoms with Crippen LogP contribution in [0.4, 0.5) is 0 Å². The molecule has 0 fully saturated rings. The summed E-state index contributed by atoms with van der Waals surface area (Å²) in [6.07, 6.45) is 3.42. The maximum Gasteiger partial charge on any atom is 0.00718 e. The summed E-state index contributed by atoms with van der Waals surface area (Å²) in [5.74, 6) is 0. The van der Waals surface area contributed by atoms with Crippen molar-refractivity contribution in [3.8, 4) is 11.1 Å². The number of aryl methyl sites for hydroxylation is 2. The molecule has 100 valence electrons. The van der Waals surface area contributed by atoms with E-state index in [-0.39, 0.29) is 0 Å². The maximum atomic E-state index is 3.49. The quantitative estimate of drug-likeness (QED) is 0.569. The van der Waals surface area contributed by atoms with Gasteiger partial charge in [0, 0.05) is 10.7 Å². The van der Waals surface area contributed by atoms with Gasteiger partial charge in [0.05, 0.1) is 0 Å². The zero-order chi connectivity index (χ0) is 13.5. The second-order valence-corrected chi connectivity index (χ2v) is 6.21. The van der Waals surface area contributed by atoms with Crippen molar-refractivity contribution in [1.82, 2.24) is 0 Å². The number of benzene rings is 2. The summed E-state index contributed by atoms with van der Waals surface area (Å²) in [5.41, 5.74) is 5.43. The van der Waals surface area contributed by atoms with Gasteiger partial charge in [0.1, 0.15) is 0 Å². The van der Waals surface area contributed by atoms with E-state index in [4.69, 9.17) is 0 Å². The first-order valence-electron chi connectivity index (χ1n) is 6.63. The molecule has 0 heterocycles. The summed E-state index contributed by atoms with van der Waals surface area (Å²) in [6, 6.07) is 17.8. The van der Waals surface area contributed by atoms with Gasteiger partial charge in [-0.2, -0.15) is 0 Å². The highest BCUT2D eigenvalue weighted by Gasteiger charge is 2.00. The van der Waals surface area contributed by atoms with Crippen LogP contribution in [0, 0.1) is 0 Å². The molecule has 0 atom stereocenters. The highest BCUT2D eigenvalue weighted by Crippen LogP contribution is 2.22. The molecule has 2 heteroatoms. The fraction of sp³-hybridized carbons (Fsp3) is 0.294. The SMILES string of the molecule is BrCCCc1cccc(-c2ccc(CCBr)cc2)c1. The molecule has 2 aromatic rings. The number of alkyl halides is 2. The van der Waals surface area contributed by atoms with Gasteiger partial charge >= 0.3 is 0 Å². The topological polar surface area (TPSA) is 0 Å². The molecule has 0 aliphatic heterocycles.